The van der Waals surface area contributed by atoms with Crippen LogP contribution in [0.2, 0.25) is 0 Å². The minimum absolute atomic E-state index is 0.0452. The van der Waals surface area contributed by atoms with Gasteiger partial charge in [-0.1, -0.05) is 18.2 Å². The smallest absolute Gasteiger partial charge is 0.253 e. The van der Waals surface area contributed by atoms with Gasteiger partial charge in [0.15, 0.2) is 0 Å². The summed E-state index contributed by atoms with van der Waals surface area (Å²) in [7, 11) is -0.801. The van der Waals surface area contributed by atoms with Crippen molar-refractivity contribution in [3.63, 3.8) is 0 Å². The van der Waals surface area contributed by atoms with Crippen molar-refractivity contribution in [2.45, 2.75) is 11.3 Å². The first-order valence-corrected chi connectivity index (χ1v) is 11.2. The third kappa shape index (κ3) is 4.97. The van der Waals surface area contributed by atoms with Gasteiger partial charge in [-0.05, 0) is 36.2 Å². The standard InChI is InChI=1S/C21H26FN3O4S/c1-24(2)30(27,28)17-7-8-20(25-11-13-29-14-12-25)18(15-17)21(26)23-10-9-16-5-3-4-6-19(16)22/h3-8,15H,9-14H2,1-2H3,(H,23,26). The van der Waals surface area contributed by atoms with Crippen LogP contribution in [0, 0.1) is 5.82 Å². The number of rotatable bonds is 7. The molecule has 7 nitrogen and oxygen atoms in total. The molecule has 0 bridgehead atoms. The molecule has 0 radical (unpaired) electrons. The van der Waals surface area contributed by atoms with Gasteiger partial charge in [0.05, 0.1) is 23.7 Å². The third-order valence-electron chi connectivity index (χ3n) is 4.98. The van der Waals surface area contributed by atoms with Crippen LogP contribution in [0.15, 0.2) is 47.4 Å². The molecule has 0 unspecified atom stereocenters. The van der Waals surface area contributed by atoms with E-state index in [0.29, 0.717) is 44.0 Å². The van der Waals surface area contributed by atoms with Crippen LogP contribution < -0.4 is 10.2 Å². The zero-order chi connectivity index (χ0) is 21.7. The number of anilines is 1. The lowest BCUT2D eigenvalue weighted by atomic mass is 10.1. The number of halogens is 1. The molecule has 0 saturated carbocycles. The van der Waals surface area contributed by atoms with Crippen molar-refractivity contribution in [3.8, 4) is 0 Å². The Morgan fingerprint density at radius 2 is 1.87 bits per heavy atom. The number of nitrogens with one attached hydrogen (secondary N) is 1. The fourth-order valence-corrected chi connectivity index (χ4v) is 4.18. The van der Waals surface area contributed by atoms with Crippen LogP contribution in [0.25, 0.3) is 0 Å². The highest BCUT2D eigenvalue weighted by Crippen LogP contribution is 2.26. The number of amides is 1. The number of sulfonamides is 1. The lowest BCUT2D eigenvalue weighted by Crippen LogP contribution is -2.38. The summed E-state index contributed by atoms with van der Waals surface area (Å²) in [6.07, 6.45) is 0.334. The van der Waals surface area contributed by atoms with Crippen LogP contribution in [-0.4, -0.2) is 65.6 Å². The largest absolute Gasteiger partial charge is 0.378 e. The molecular formula is C21H26FN3O4S. The fourth-order valence-electron chi connectivity index (χ4n) is 3.26. The molecule has 0 aromatic heterocycles. The fraction of sp³-hybridized carbons (Fsp3) is 0.381. The van der Waals surface area contributed by atoms with Gasteiger partial charge in [-0.3, -0.25) is 4.79 Å². The average molecular weight is 436 g/mol. The second kappa shape index (κ2) is 9.55. The Bertz CT molecular complexity index is 1010. The Morgan fingerprint density at radius 3 is 2.53 bits per heavy atom. The van der Waals surface area contributed by atoms with Crippen molar-refractivity contribution in [2.75, 3.05) is 51.8 Å². The van der Waals surface area contributed by atoms with Crippen LogP contribution in [0.1, 0.15) is 15.9 Å². The molecule has 9 heteroatoms. The molecule has 0 spiro atoms. The molecule has 3 rings (SSSR count). The van der Waals surface area contributed by atoms with Gasteiger partial charge in [0.2, 0.25) is 10.0 Å². The predicted octanol–water partition coefficient (Wildman–Crippen LogP) is 1.89. The molecule has 0 aliphatic carbocycles. The van der Waals surface area contributed by atoms with E-state index in [1.165, 1.54) is 32.3 Å². The van der Waals surface area contributed by atoms with Crippen molar-refractivity contribution in [2.24, 2.45) is 0 Å². The average Bonchev–Trinajstić information content (AvgIpc) is 2.75. The second-order valence-corrected chi connectivity index (χ2v) is 9.31. The van der Waals surface area contributed by atoms with Crippen LogP contribution in [0.4, 0.5) is 10.1 Å². The van der Waals surface area contributed by atoms with Gasteiger partial charge in [-0.25, -0.2) is 17.1 Å². The lowest BCUT2D eigenvalue weighted by molar-refractivity contribution is 0.0952. The molecule has 0 atom stereocenters. The summed E-state index contributed by atoms with van der Waals surface area (Å²) in [5, 5.41) is 2.79. The molecule has 1 aliphatic rings. The Morgan fingerprint density at radius 1 is 1.17 bits per heavy atom. The SMILES string of the molecule is CN(C)S(=O)(=O)c1ccc(N2CCOCC2)c(C(=O)NCCc2ccccc2F)c1. The number of hydrogen-bond acceptors (Lipinski definition) is 5. The lowest BCUT2D eigenvalue weighted by Gasteiger charge is -2.30. The highest BCUT2D eigenvalue weighted by molar-refractivity contribution is 7.89. The maximum atomic E-state index is 13.8. The van der Waals surface area contributed by atoms with Crippen molar-refractivity contribution >= 4 is 21.6 Å². The Hall–Kier alpha value is -2.49. The topological polar surface area (TPSA) is 79.0 Å². The van der Waals surface area contributed by atoms with Crippen LogP contribution in [-0.2, 0) is 21.2 Å². The monoisotopic (exact) mass is 435 g/mol. The van der Waals surface area contributed by atoms with E-state index >= 15 is 0 Å². The maximum Gasteiger partial charge on any atom is 0.253 e. The number of nitrogens with zero attached hydrogens (tertiary/aromatic N) is 2. The summed E-state index contributed by atoms with van der Waals surface area (Å²) in [4.78, 5) is 15.0. The summed E-state index contributed by atoms with van der Waals surface area (Å²) in [5.74, 6) is -0.719. The summed E-state index contributed by atoms with van der Waals surface area (Å²) in [6, 6.07) is 11.0. The molecule has 1 aliphatic heterocycles. The first kappa shape index (κ1) is 22.2. The van der Waals surface area contributed by atoms with Crippen molar-refractivity contribution in [1.82, 2.24) is 9.62 Å². The molecule has 2 aromatic rings. The van der Waals surface area contributed by atoms with E-state index in [9.17, 15) is 17.6 Å². The van der Waals surface area contributed by atoms with Gasteiger partial charge >= 0.3 is 0 Å². The van der Waals surface area contributed by atoms with E-state index in [-0.39, 0.29) is 22.8 Å². The van der Waals surface area contributed by atoms with Crippen molar-refractivity contribution in [3.05, 3.63) is 59.4 Å². The number of carbonyl (C=O) groups excluding carboxylic acids is 1. The Balaban J connectivity index is 1.85. The number of ether oxygens (including phenoxy) is 1. The van der Waals surface area contributed by atoms with Crippen molar-refractivity contribution < 1.29 is 22.3 Å². The minimum Gasteiger partial charge on any atom is -0.378 e. The zero-order valence-electron chi connectivity index (χ0n) is 17.1. The van der Waals surface area contributed by atoms with Gasteiger partial charge in [-0.15, -0.1) is 0 Å². The van der Waals surface area contributed by atoms with E-state index in [1.54, 1.807) is 24.3 Å². The second-order valence-electron chi connectivity index (χ2n) is 7.16. The minimum atomic E-state index is -3.69. The highest BCUT2D eigenvalue weighted by Gasteiger charge is 2.24. The van der Waals surface area contributed by atoms with E-state index in [2.05, 4.69) is 5.32 Å². The maximum absolute atomic E-state index is 13.8. The zero-order valence-corrected chi connectivity index (χ0v) is 17.9. The summed E-state index contributed by atoms with van der Waals surface area (Å²) < 4.78 is 45.4. The molecule has 1 heterocycles. The van der Waals surface area contributed by atoms with E-state index in [0.717, 1.165) is 4.31 Å². The Labute approximate surface area is 176 Å². The normalized spacial score (nSPS) is 14.7. The molecule has 30 heavy (non-hydrogen) atoms. The van der Waals surface area contributed by atoms with Crippen LogP contribution in [0.3, 0.4) is 0 Å². The molecule has 162 valence electrons. The number of morpholine rings is 1. The first-order valence-electron chi connectivity index (χ1n) is 9.71. The highest BCUT2D eigenvalue weighted by atomic mass is 32.2. The summed E-state index contributed by atoms with van der Waals surface area (Å²) in [5.41, 5.74) is 1.43. The molecule has 2 aromatic carbocycles. The molecular weight excluding hydrogens is 409 g/mol. The predicted molar refractivity (Wildman–Crippen MR) is 113 cm³/mol. The molecule has 1 saturated heterocycles. The van der Waals surface area contributed by atoms with Gasteiger partial charge in [0.25, 0.3) is 5.91 Å². The molecule has 1 N–H and O–H groups in total. The van der Waals surface area contributed by atoms with Gasteiger partial charge in [-0.2, -0.15) is 0 Å². The Kier molecular flexibility index (Phi) is 7.06. The summed E-state index contributed by atoms with van der Waals surface area (Å²) in [6.45, 7) is 2.51. The summed E-state index contributed by atoms with van der Waals surface area (Å²) >= 11 is 0. The number of benzene rings is 2. The number of hydrogen-bond donors (Lipinski definition) is 1. The quantitative estimate of drug-likeness (QED) is 0.719. The van der Waals surface area contributed by atoms with Gasteiger partial charge in [0, 0.05) is 39.4 Å². The van der Waals surface area contributed by atoms with E-state index < -0.39 is 15.9 Å². The first-order chi connectivity index (χ1) is 14.3. The van der Waals surface area contributed by atoms with E-state index in [4.69, 9.17) is 4.74 Å². The van der Waals surface area contributed by atoms with Crippen molar-refractivity contribution in [1.29, 1.82) is 0 Å². The van der Waals surface area contributed by atoms with E-state index in [1.807, 2.05) is 4.90 Å². The third-order valence-corrected chi connectivity index (χ3v) is 6.79. The van der Waals surface area contributed by atoms with Crippen LogP contribution >= 0.6 is 0 Å². The van der Waals surface area contributed by atoms with Crippen LogP contribution in [0.5, 0.6) is 0 Å². The van der Waals surface area contributed by atoms with Gasteiger partial charge in [0.1, 0.15) is 5.82 Å². The molecule has 1 amide bonds. The van der Waals surface area contributed by atoms with Gasteiger partial charge < -0.3 is 15.0 Å². The number of carbonyl (C=O) groups is 1. The molecule has 1 fully saturated rings.